The van der Waals surface area contributed by atoms with E-state index in [2.05, 4.69) is 18.7 Å². The van der Waals surface area contributed by atoms with E-state index in [0.29, 0.717) is 0 Å². The molecule has 0 aliphatic heterocycles. The van der Waals surface area contributed by atoms with Gasteiger partial charge in [-0.05, 0) is 37.3 Å². The molecule has 13 heavy (non-hydrogen) atoms. The van der Waals surface area contributed by atoms with Crippen molar-refractivity contribution in [1.82, 2.24) is 0 Å². The van der Waals surface area contributed by atoms with Gasteiger partial charge in [0, 0.05) is 4.88 Å². The molecule has 0 aliphatic rings. The maximum Gasteiger partial charge on any atom is 0.169 e. The summed E-state index contributed by atoms with van der Waals surface area (Å²) in [5, 5.41) is 0. The number of carbonyl (C=O) groups is 1. The minimum atomic E-state index is 0.138. The van der Waals surface area contributed by atoms with Crippen LogP contribution in [0.5, 0.6) is 0 Å². The molecule has 0 amide bonds. The van der Waals surface area contributed by atoms with Gasteiger partial charge in [-0.1, -0.05) is 6.08 Å². The third-order valence-electron chi connectivity index (χ3n) is 1.55. The fraction of sp³-hybridized carbons (Fsp3) is 0.300. The third-order valence-corrected chi connectivity index (χ3v) is 2.96. The fourth-order valence-electron chi connectivity index (χ4n) is 0.906. The quantitative estimate of drug-likeness (QED) is 0.598. The maximum atomic E-state index is 11.0. The van der Waals surface area contributed by atoms with Crippen LogP contribution in [0.3, 0.4) is 0 Å². The van der Waals surface area contributed by atoms with Crippen LogP contribution >= 0.6 is 24.0 Å². The lowest BCUT2D eigenvalue weighted by Crippen LogP contribution is -1.83. The SMILES string of the molecule is CC(=O)c1ccc(C=CCCS)s1. The number of hydrogen-bond acceptors (Lipinski definition) is 3. The Morgan fingerprint density at radius 1 is 1.62 bits per heavy atom. The Kier molecular flexibility index (Phi) is 4.25. The monoisotopic (exact) mass is 212 g/mol. The third kappa shape index (κ3) is 3.36. The van der Waals surface area contributed by atoms with Gasteiger partial charge in [0.25, 0.3) is 0 Å². The lowest BCUT2D eigenvalue weighted by Gasteiger charge is -1.85. The van der Waals surface area contributed by atoms with Crippen molar-refractivity contribution in [2.24, 2.45) is 0 Å². The van der Waals surface area contributed by atoms with Gasteiger partial charge in [0.05, 0.1) is 4.88 Å². The van der Waals surface area contributed by atoms with Gasteiger partial charge in [-0.3, -0.25) is 4.79 Å². The molecule has 70 valence electrons. The number of rotatable bonds is 4. The molecule has 0 spiro atoms. The van der Waals surface area contributed by atoms with Gasteiger partial charge in [0.1, 0.15) is 0 Å². The molecule has 1 aromatic rings. The molecule has 0 N–H and O–H groups in total. The Labute approximate surface area is 87.9 Å². The molecule has 0 saturated carbocycles. The largest absolute Gasteiger partial charge is 0.294 e. The van der Waals surface area contributed by atoms with Crippen LogP contribution in [-0.2, 0) is 0 Å². The number of thiol groups is 1. The summed E-state index contributed by atoms with van der Waals surface area (Å²) in [6, 6.07) is 3.84. The van der Waals surface area contributed by atoms with E-state index in [1.54, 1.807) is 6.92 Å². The molecule has 3 heteroatoms. The van der Waals surface area contributed by atoms with E-state index >= 15 is 0 Å². The smallest absolute Gasteiger partial charge is 0.169 e. The van der Waals surface area contributed by atoms with Crippen molar-refractivity contribution in [3.63, 3.8) is 0 Å². The average Bonchev–Trinajstić information content (AvgIpc) is 2.53. The first-order valence-electron chi connectivity index (χ1n) is 4.12. The van der Waals surface area contributed by atoms with Crippen molar-refractivity contribution in [2.45, 2.75) is 13.3 Å². The molecular weight excluding hydrogens is 200 g/mol. The highest BCUT2D eigenvalue weighted by Gasteiger charge is 2.00. The summed E-state index contributed by atoms with van der Waals surface area (Å²) < 4.78 is 0. The molecule has 0 saturated heterocycles. The van der Waals surface area contributed by atoms with Crippen LogP contribution in [0.15, 0.2) is 18.2 Å². The van der Waals surface area contributed by atoms with E-state index < -0.39 is 0 Å². The highest BCUT2D eigenvalue weighted by atomic mass is 32.1. The molecule has 1 heterocycles. The Morgan fingerprint density at radius 3 is 2.92 bits per heavy atom. The number of ketones is 1. The fourth-order valence-corrected chi connectivity index (χ4v) is 1.89. The van der Waals surface area contributed by atoms with Gasteiger partial charge in [-0.15, -0.1) is 11.3 Å². The Hall–Kier alpha value is -0.540. The summed E-state index contributed by atoms with van der Waals surface area (Å²) in [5.74, 6) is 1.00. The molecule has 0 aliphatic carbocycles. The summed E-state index contributed by atoms with van der Waals surface area (Å²) >= 11 is 5.63. The van der Waals surface area contributed by atoms with Crippen LogP contribution in [0, 0.1) is 0 Å². The Morgan fingerprint density at radius 2 is 2.38 bits per heavy atom. The van der Waals surface area contributed by atoms with Crippen LogP contribution in [0.2, 0.25) is 0 Å². The Balaban J connectivity index is 2.64. The van der Waals surface area contributed by atoms with Gasteiger partial charge < -0.3 is 0 Å². The van der Waals surface area contributed by atoms with Gasteiger partial charge >= 0.3 is 0 Å². The molecular formula is C10H12OS2. The summed E-state index contributed by atoms with van der Waals surface area (Å²) in [4.78, 5) is 12.9. The normalized spacial score (nSPS) is 10.9. The van der Waals surface area contributed by atoms with Gasteiger partial charge in [-0.2, -0.15) is 12.6 Å². The van der Waals surface area contributed by atoms with Crippen LogP contribution in [0.1, 0.15) is 27.9 Å². The molecule has 0 atom stereocenters. The topological polar surface area (TPSA) is 17.1 Å². The lowest BCUT2D eigenvalue weighted by atomic mass is 10.3. The van der Waals surface area contributed by atoms with Crippen molar-refractivity contribution in [3.8, 4) is 0 Å². The summed E-state index contributed by atoms with van der Waals surface area (Å²) in [7, 11) is 0. The van der Waals surface area contributed by atoms with Crippen LogP contribution in [0.4, 0.5) is 0 Å². The van der Waals surface area contributed by atoms with E-state index in [4.69, 9.17) is 0 Å². The first-order valence-corrected chi connectivity index (χ1v) is 5.57. The minimum Gasteiger partial charge on any atom is -0.294 e. The zero-order chi connectivity index (χ0) is 9.68. The molecule has 0 bridgehead atoms. The standard InChI is InChI=1S/C10H12OS2/c1-8(11)10-6-5-9(13-10)4-2-3-7-12/h2,4-6,12H,3,7H2,1H3. The summed E-state index contributed by atoms with van der Waals surface area (Å²) in [6.07, 6.45) is 5.08. The minimum absolute atomic E-state index is 0.138. The Bertz CT molecular complexity index is 312. The predicted molar refractivity (Wildman–Crippen MR) is 61.8 cm³/mol. The first-order chi connectivity index (χ1) is 6.24. The molecule has 1 aromatic heterocycles. The van der Waals surface area contributed by atoms with Crippen molar-refractivity contribution in [2.75, 3.05) is 5.75 Å². The van der Waals surface area contributed by atoms with E-state index in [0.717, 1.165) is 21.9 Å². The number of Topliss-reactive ketones (excluding diaryl/α,β-unsaturated/α-hetero) is 1. The van der Waals surface area contributed by atoms with Crippen LogP contribution in [-0.4, -0.2) is 11.5 Å². The second-order valence-corrected chi connectivity index (χ2v) is 4.24. The van der Waals surface area contributed by atoms with Gasteiger partial charge in [0.2, 0.25) is 0 Å². The lowest BCUT2D eigenvalue weighted by molar-refractivity contribution is 0.102. The van der Waals surface area contributed by atoms with Crippen molar-refractivity contribution < 1.29 is 4.79 Å². The molecule has 1 rings (SSSR count). The number of hydrogen-bond donors (Lipinski definition) is 1. The maximum absolute atomic E-state index is 11.0. The summed E-state index contributed by atoms with van der Waals surface area (Å²) in [5.41, 5.74) is 0. The zero-order valence-corrected chi connectivity index (χ0v) is 9.20. The predicted octanol–water partition coefficient (Wildman–Crippen LogP) is 3.28. The first kappa shape index (κ1) is 10.5. The zero-order valence-electron chi connectivity index (χ0n) is 7.49. The molecule has 0 aromatic carbocycles. The number of carbonyl (C=O) groups excluding carboxylic acids is 1. The highest BCUT2D eigenvalue weighted by Crippen LogP contribution is 2.18. The molecule has 0 fully saturated rings. The van der Waals surface area contributed by atoms with E-state index in [1.807, 2.05) is 18.2 Å². The van der Waals surface area contributed by atoms with Crippen molar-refractivity contribution >= 4 is 35.8 Å². The second kappa shape index (κ2) is 5.25. The van der Waals surface area contributed by atoms with Crippen LogP contribution < -0.4 is 0 Å². The molecule has 0 unspecified atom stereocenters. The van der Waals surface area contributed by atoms with Gasteiger partial charge in [-0.25, -0.2) is 0 Å². The van der Waals surface area contributed by atoms with Gasteiger partial charge in [0.15, 0.2) is 5.78 Å². The summed E-state index contributed by atoms with van der Waals surface area (Å²) in [6.45, 7) is 1.59. The van der Waals surface area contributed by atoms with E-state index in [9.17, 15) is 4.79 Å². The molecule has 1 nitrogen and oxygen atoms in total. The van der Waals surface area contributed by atoms with Crippen molar-refractivity contribution in [3.05, 3.63) is 28.0 Å². The molecule has 0 radical (unpaired) electrons. The van der Waals surface area contributed by atoms with E-state index in [-0.39, 0.29) is 5.78 Å². The van der Waals surface area contributed by atoms with Crippen LogP contribution in [0.25, 0.3) is 6.08 Å². The second-order valence-electron chi connectivity index (χ2n) is 2.67. The number of thiophene rings is 1. The number of allylic oxidation sites excluding steroid dienone is 1. The van der Waals surface area contributed by atoms with Crippen molar-refractivity contribution in [1.29, 1.82) is 0 Å². The highest BCUT2D eigenvalue weighted by molar-refractivity contribution is 7.80. The average molecular weight is 212 g/mol. The van der Waals surface area contributed by atoms with E-state index in [1.165, 1.54) is 11.3 Å².